The lowest BCUT2D eigenvalue weighted by atomic mass is 10.0. The lowest BCUT2D eigenvalue weighted by Gasteiger charge is -2.07. The highest BCUT2D eigenvalue weighted by atomic mass is 16.2. The molecule has 0 aromatic carbocycles. The van der Waals surface area contributed by atoms with Crippen molar-refractivity contribution in [3.8, 4) is 0 Å². The fourth-order valence-electron chi connectivity index (χ4n) is 1.08. The monoisotopic (exact) mass is 157 g/mol. The van der Waals surface area contributed by atoms with Crippen LogP contribution in [0.25, 0.3) is 0 Å². The molecule has 0 spiro atoms. The van der Waals surface area contributed by atoms with Gasteiger partial charge in [0.1, 0.15) is 0 Å². The maximum Gasteiger partial charge on any atom is 0.0433 e. The molecule has 0 aliphatic rings. The van der Waals surface area contributed by atoms with E-state index >= 15 is 0 Å². The summed E-state index contributed by atoms with van der Waals surface area (Å²) in [4.78, 5) is 3.78. The predicted molar refractivity (Wildman–Crippen MR) is 49.1 cm³/mol. The van der Waals surface area contributed by atoms with Gasteiger partial charge in [-0.3, -0.25) is 0 Å². The van der Waals surface area contributed by atoms with Crippen molar-refractivity contribution in [2.45, 2.75) is 32.6 Å². The maximum atomic E-state index is 8.61. The SMILES string of the molecule is C=NCCCCC(C)CCO. The Balaban J connectivity index is 3.03. The van der Waals surface area contributed by atoms with Gasteiger partial charge >= 0.3 is 0 Å². The first-order valence-corrected chi connectivity index (χ1v) is 4.34. The highest BCUT2D eigenvalue weighted by Gasteiger charge is 1.99. The number of nitrogens with zero attached hydrogens (tertiary/aromatic N) is 1. The largest absolute Gasteiger partial charge is 0.396 e. The molecule has 0 saturated carbocycles. The van der Waals surface area contributed by atoms with Crippen molar-refractivity contribution in [3.05, 3.63) is 0 Å². The fourth-order valence-corrected chi connectivity index (χ4v) is 1.08. The maximum absolute atomic E-state index is 8.61. The van der Waals surface area contributed by atoms with E-state index in [1.165, 1.54) is 12.8 Å². The molecule has 2 heteroatoms. The minimum absolute atomic E-state index is 0.320. The Morgan fingerprint density at radius 2 is 2.09 bits per heavy atom. The quantitative estimate of drug-likeness (QED) is 0.444. The Morgan fingerprint density at radius 1 is 1.36 bits per heavy atom. The van der Waals surface area contributed by atoms with E-state index in [1.54, 1.807) is 0 Å². The van der Waals surface area contributed by atoms with Crippen LogP contribution in [0.5, 0.6) is 0 Å². The van der Waals surface area contributed by atoms with Crippen LogP contribution in [0.4, 0.5) is 0 Å². The molecule has 1 unspecified atom stereocenters. The zero-order valence-corrected chi connectivity index (χ0v) is 7.42. The van der Waals surface area contributed by atoms with Crippen LogP contribution in [-0.4, -0.2) is 25.0 Å². The average molecular weight is 157 g/mol. The smallest absolute Gasteiger partial charge is 0.0433 e. The van der Waals surface area contributed by atoms with Crippen LogP contribution in [0.2, 0.25) is 0 Å². The Hall–Kier alpha value is -0.370. The summed E-state index contributed by atoms with van der Waals surface area (Å²) in [5.74, 6) is 0.657. The summed E-state index contributed by atoms with van der Waals surface area (Å²) in [6.45, 7) is 6.80. The number of unbranched alkanes of at least 4 members (excludes halogenated alkanes) is 1. The third kappa shape index (κ3) is 7.53. The van der Waals surface area contributed by atoms with Crippen molar-refractivity contribution in [3.63, 3.8) is 0 Å². The van der Waals surface area contributed by atoms with E-state index in [1.807, 2.05) is 0 Å². The summed E-state index contributed by atoms with van der Waals surface area (Å²) in [7, 11) is 0. The number of hydrogen-bond donors (Lipinski definition) is 1. The minimum Gasteiger partial charge on any atom is -0.396 e. The molecule has 0 aromatic heterocycles. The van der Waals surface area contributed by atoms with Crippen LogP contribution < -0.4 is 0 Å². The Morgan fingerprint density at radius 3 is 2.64 bits per heavy atom. The minimum atomic E-state index is 0.320. The van der Waals surface area contributed by atoms with E-state index in [-0.39, 0.29) is 0 Å². The van der Waals surface area contributed by atoms with Gasteiger partial charge in [-0.05, 0) is 25.5 Å². The van der Waals surface area contributed by atoms with Gasteiger partial charge in [0.2, 0.25) is 0 Å². The molecule has 66 valence electrons. The van der Waals surface area contributed by atoms with Gasteiger partial charge < -0.3 is 10.1 Å². The Bertz CT molecular complexity index is 93.6. The van der Waals surface area contributed by atoms with E-state index in [9.17, 15) is 0 Å². The molecule has 11 heavy (non-hydrogen) atoms. The number of aliphatic hydroxyl groups excluding tert-OH is 1. The topological polar surface area (TPSA) is 32.6 Å². The molecule has 0 radical (unpaired) electrons. The zero-order valence-electron chi connectivity index (χ0n) is 7.42. The molecule has 2 nitrogen and oxygen atoms in total. The van der Waals surface area contributed by atoms with Crippen molar-refractivity contribution < 1.29 is 5.11 Å². The summed E-state index contributed by atoms with van der Waals surface area (Å²) in [5.41, 5.74) is 0. The molecule has 0 saturated heterocycles. The van der Waals surface area contributed by atoms with Crippen LogP contribution in [0, 0.1) is 5.92 Å². The van der Waals surface area contributed by atoms with Gasteiger partial charge in [-0.25, -0.2) is 0 Å². The van der Waals surface area contributed by atoms with Crippen LogP contribution in [0.15, 0.2) is 4.99 Å². The molecular formula is C9H19NO. The lowest BCUT2D eigenvalue weighted by Crippen LogP contribution is -1.98. The summed E-state index contributed by atoms with van der Waals surface area (Å²) in [6.07, 6.45) is 4.48. The molecule has 0 amide bonds. The van der Waals surface area contributed by atoms with Crippen molar-refractivity contribution in [2.24, 2.45) is 10.9 Å². The second kappa shape index (κ2) is 7.73. The third-order valence-electron chi connectivity index (χ3n) is 1.89. The van der Waals surface area contributed by atoms with Crippen LogP contribution >= 0.6 is 0 Å². The Labute approximate surface area is 69.3 Å². The molecule has 0 bridgehead atoms. The second-order valence-corrected chi connectivity index (χ2v) is 3.06. The first kappa shape index (κ1) is 10.6. The molecular weight excluding hydrogens is 138 g/mol. The number of aliphatic imine (C=N–C) groups is 1. The lowest BCUT2D eigenvalue weighted by molar-refractivity contribution is 0.257. The van der Waals surface area contributed by atoms with Gasteiger partial charge in [-0.15, -0.1) is 0 Å². The second-order valence-electron chi connectivity index (χ2n) is 3.06. The molecule has 0 aromatic rings. The van der Waals surface area contributed by atoms with Gasteiger partial charge in [0.05, 0.1) is 0 Å². The van der Waals surface area contributed by atoms with Crippen LogP contribution in [-0.2, 0) is 0 Å². The Kier molecular flexibility index (Phi) is 7.47. The molecule has 0 aliphatic heterocycles. The molecule has 0 rings (SSSR count). The molecule has 1 N–H and O–H groups in total. The van der Waals surface area contributed by atoms with Crippen LogP contribution in [0.3, 0.4) is 0 Å². The van der Waals surface area contributed by atoms with Gasteiger partial charge in [-0.1, -0.05) is 19.8 Å². The van der Waals surface area contributed by atoms with Crippen molar-refractivity contribution in [1.82, 2.24) is 0 Å². The zero-order chi connectivity index (χ0) is 8.53. The highest BCUT2D eigenvalue weighted by molar-refractivity contribution is 5.22. The molecule has 0 heterocycles. The van der Waals surface area contributed by atoms with Gasteiger partial charge in [0.25, 0.3) is 0 Å². The standard InChI is InChI=1S/C9H19NO/c1-9(6-8-11)5-3-4-7-10-2/h9,11H,2-8H2,1H3. The van der Waals surface area contributed by atoms with Crippen molar-refractivity contribution in [2.75, 3.05) is 13.2 Å². The average Bonchev–Trinajstić information content (AvgIpc) is 1.99. The first-order chi connectivity index (χ1) is 5.31. The fraction of sp³-hybridized carbons (Fsp3) is 0.889. The summed E-state index contributed by atoms with van der Waals surface area (Å²) >= 11 is 0. The van der Waals surface area contributed by atoms with Gasteiger partial charge in [0, 0.05) is 13.2 Å². The van der Waals surface area contributed by atoms with Crippen molar-refractivity contribution in [1.29, 1.82) is 0 Å². The number of hydrogen-bond acceptors (Lipinski definition) is 2. The molecule has 0 fully saturated rings. The van der Waals surface area contributed by atoms with E-state index in [0.717, 1.165) is 19.4 Å². The van der Waals surface area contributed by atoms with E-state index in [0.29, 0.717) is 12.5 Å². The van der Waals surface area contributed by atoms with E-state index in [4.69, 9.17) is 5.11 Å². The number of aliphatic hydroxyl groups is 1. The summed E-state index contributed by atoms with van der Waals surface area (Å²) in [6, 6.07) is 0. The van der Waals surface area contributed by atoms with E-state index < -0.39 is 0 Å². The third-order valence-corrected chi connectivity index (χ3v) is 1.89. The molecule has 1 atom stereocenters. The normalized spacial score (nSPS) is 12.9. The summed E-state index contributed by atoms with van der Waals surface area (Å²) < 4.78 is 0. The van der Waals surface area contributed by atoms with Gasteiger partial charge in [0.15, 0.2) is 0 Å². The summed E-state index contributed by atoms with van der Waals surface area (Å²) in [5, 5.41) is 8.61. The first-order valence-electron chi connectivity index (χ1n) is 4.34. The number of rotatable bonds is 7. The van der Waals surface area contributed by atoms with Gasteiger partial charge in [-0.2, -0.15) is 0 Å². The van der Waals surface area contributed by atoms with Crippen molar-refractivity contribution >= 4 is 6.72 Å². The van der Waals surface area contributed by atoms with Crippen LogP contribution in [0.1, 0.15) is 32.6 Å². The molecule has 0 aliphatic carbocycles. The highest BCUT2D eigenvalue weighted by Crippen LogP contribution is 2.10. The van der Waals surface area contributed by atoms with E-state index in [2.05, 4.69) is 18.6 Å². The predicted octanol–water partition coefficient (Wildman–Crippen LogP) is 1.88.